The van der Waals surface area contributed by atoms with Crippen molar-refractivity contribution in [3.8, 4) is 0 Å². The van der Waals surface area contributed by atoms with Gasteiger partial charge in [-0.1, -0.05) is 17.7 Å². The molecule has 1 rings (SSSR count). The second-order valence-corrected chi connectivity index (χ2v) is 3.90. The minimum atomic E-state index is -1.08. The average molecular weight is 246 g/mol. The third-order valence-electron chi connectivity index (χ3n) is 2.56. The van der Waals surface area contributed by atoms with Gasteiger partial charge in [0.2, 0.25) is 0 Å². The zero-order chi connectivity index (χ0) is 12.3. The van der Waals surface area contributed by atoms with E-state index in [4.69, 9.17) is 16.3 Å². The number of carbonyl (C=O) groups excluding carboxylic acids is 1. The summed E-state index contributed by atoms with van der Waals surface area (Å²) in [5, 5.41) is 3.01. The Morgan fingerprint density at radius 3 is 2.62 bits per heavy atom. The first-order valence-corrected chi connectivity index (χ1v) is 5.06. The largest absolute Gasteiger partial charge is 0.467 e. The molecule has 0 saturated carbocycles. The molecule has 0 aliphatic carbocycles. The quantitative estimate of drug-likeness (QED) is 0.829. The highest BCUT2D eigenvalue weighted by atomic mass is 35.5. The Labute approximate surface area is 98.5 Å². The molecule has 1 unspecified atom stereocenters. The van der Waals surface area contributed by atoms with Crippen molar-refractivity contribution in [2.75, 3.05) is 14.2 Å². The molecule has 0 aliphatic heterocycles. The first-order valence-electron chi connectivity index (χ1n) is 4.68. The molecule has 0 spiro atoms. The van der Waals surface area contributed by atoms with E-state index < -0.39 is 17.3 Å². The van der Waals surface area contributed by atoms with Crippen LogP contribution < -0.4 is 5.32 Å². The van der Waals surface area contributed by atoms with Gasteiger partial charge in [0.15, 0.2) is 0 Å². The van der Waals surface area contributed by atoms with E-state index in [0.717, 1.165) is 6.07 Å². The molecule has 0 fully saturated rings. The third-order valence-corrected chi connectivity index (χ3v) is 2.88. The van der Waals surface area contributed by atoms with Gasteiger partial charge < -0.3 is 10.1 Å². The number of benzene rings is 1. The van der Waals surface area contributed by atoms with Crippen LogP contribution in [0, 0.1) is 5.82 Å². The fourth-order valence-corrected chi connectivity index (χ4v) is 1.80. The monoisotopic (exact) mass is 245 g/mol. The molecular weight excluding hydrogens is 233 g/mol. The smallest absolute Gasteiger partial charge is 0.330 e. The Morgan fingerprint density at radius 1 is 1.56 bits per heavy atom. The highest BCUT2D eigenvalue weighted by Gasteiger charge is 2.36. The summed E-state index contributed by atoms with van der Waals surface area (Å²) in [4.78, 5) is 11.7. The molecule has 3 nitrogen and oxygen atoms in total. The maximum Gasteiger partial charge on any atom is 0.330 e. The van der Waals surface area contributed by atoms with Gasteiger partial charge in [0.05, 0.1) is 7.11 Å². The number of likely N-dealkylation sites (N-methyl/N-ethyl adjacent to an activating group) is 1. The minimum absolute atomic E-state index is 0.183. The second-order valence-electron chi connectivity index (χ2n) is 3.49. The predicted octanol–water partition coefficient (Wildman–Crippen LogP) is 2.09. The van der Waals surface area contributed by atoms with Gasteiger partial charge in [0.25, 0.3) is 0 Å². The minimum Gasteiger partial charge on any atom is -0.467 e. The van der Waals surface area contributed by atoms with Crippen LogP contribution in [0.4, 0.5) is 4.39 Å². The van der Waals surface area contributed by atoms with Crippen molar-refractivity contribution in [3.05, 3.63) is 34.6 Å². The van der Waals surface area contributed by atoms with Gasteiger partial charge >= 0.3 is 5.97 Å². The van der Waals surface area contributed by atoms with Crippen LogP contribution in [-0.4, -0.2) is 20.1 Å². The number of ether oxygens (including phenoxy) is 1. The highest BCUT2D eigenvalue weighted by molar-refractivity contribution is 6.31. The topological polar surface area (TPSA) is 38.3 Å². The summed E-state index contributed by atoms with van der Waals surface area (Å²) in [5.41, 5.74) is -0.607. The maximum atomic E-state index is 12.9. The van der Waals surface area contributed by atoms with Crippen molar-refractivity contribution in [2.45, 2.75) is 12.5 Å². The van der Waals surface area contributed by atoms with Gasteiger partial charge in [-0.3, -0.25) is 0 Å². The van der Waals surface area contributed by atoms with Crippen LogP contribution in [0.2, 0.25) is 5.02 Å². The number of nitrogens with one attached hydrogen (secondary N) is 1. The van der Waals surface area contributed by atoms with E-state index in [-0.39, 0.29) is 5.02 Å². The summed E-state index contributed by atoms with van der Waals surface area (Å²) in [7, 11) is 2.89. The zero-order valence-electron chi connectivity index (χ0n) is 9.30. The molecule has 1 aromatic carbocycles. The lowest BCUT2D eigenvalue weighted by Gasteiger charge is -2.27. The Kier molecular flexibility index (Phi) is 3.88. The Balaban J connectivity index is 3.28. The molecule has 0 amide bonds. The van der Waals surface area contributed by atoms with Crippen LogP contribution in [0.1, 0.15) is 12.5 Å². The van der Waals surface area contributed by atoms with E-state index in [1.165, 1.54) is 19.2 Å². The molecule has 0 aliphatic rings. The van der Waals surface area contributed by atoms with Gasteiger partial charge in [0, 0.05) is 10.6 Å². The SMILES string of the molecule is CNC(C)(C(=O)OC)c1ccc(F)cc1Cl. The van der Waals surface area contributed by atoms with Crippen LogP contribution in [0.25, 0.3) is 0 Å². The lowest BCUT2D eigenvalue weighted by Crippen LogP contribution is -2.45. The summed E-state index contributed by atoms with van der Waals surface area (Å²) < 4.78 is 17.6. The molecule has 1 N–H and O–H groups in total. The van der Waals surface area contributed by atoms with Crippen LogP contribution in [0.5, 0.6) is 0 Å². The standard InChI is InChI=1S/C11H13ClFNO2/c1-11(14-2,10(15)16-3)8-5-4-7(13)6-9(8)12/h4-6,14H,1-3H3. The molecule has 0 bridgehead atoms. The van der Waals surface area contributed by atoms with E-state index >= 15 is 0 Å². The normalized spacial score (nSPS) is 14.3. The van der Waals surface area contributed by atoms with Crippen LogP contribution in [-0.2, 0) is 15.1 Å². The van der Waals surface area contributed by atoms with Gasteiger partial charge in [-0.25, -0.2) is 9.18 Å². The van der Waals surface area contributed by atoms with Gasteiger partial charge in [-0.15, -0.1) is 0 Å². The van der Waals surface area contributed by atoms with Gasteiger partial charge in [-0.05, 0) is 26.1 Å². The number of methoxy groups -OCH3 is 1. The van der Waals surface area contributed by atoms with Crippen molar-refractivity contribution in [3.63, 3.8) is 0 Å². The highest BCUT2D eigenvalue weighted by Crippen LogP contribution is 2.29. The van der Waals surface area contributed by atoms with Crippen molar-refractivity contribution < 1.29 is 13.9 Å². The lowest BCUT2D eigenvalue weighted by molar-refractivity contribution is -0.148. The van der Waals surface area contributed by atoms with Crippen molar-refractivity contribution in [2.24, 2.45) is 0 Å². The Hall–Kier alpha value is -1.13. The van der Waals surface area contributed by atoms with Gasteiger partial charge in [0.1, 0.15) is 11.4 Å². The van der Waals surface area contributed by atoms with Crippen LogP contribution >= 0.6 is 11.6 Å². The van der Waals surface area contributed by atoms with Crippen LogP contribution in [0.3, 0.4) is 0 Å². The number of hydrogen-bond acceptors (Lipinski definition) is 3. The summed E-state index contributed by atoms with van der Waals surface area (Å²) in [6, 6.07) is 3.88. The fourth-order valence-electron chi connectivity index (χ4n) is 1.45. The summed E-state index contributed by atoms with van der Waals surface area (Å²) in [6.45, 7) is 1.62. The number of rotatable bonds is 3. The molecular formula is C11H13ClFNO2. The first-order chi connectivity index (χ1) is 7.45. The molecule has 5 heteroatoms. The van der Waals surface area contributed by atoms with E-state index in [1.54, 1.807) is 14.0 Å². The Morgan fingerprint density at radius 2 is 2.19 bits per heavy atom. The number of carbonyl (C=O) groups is 1. The molecule has 0 saturated heterocycles. The Bertz CT molecular complexity index is 411. The predicted molar refractivity (Wildman–Crippen MR) is 59.8 cm³/mol. The average Bonchev–Trinajstić information content (AvgIpc) is 2.27. The third kappa shape index (κ3) is 2.18. The van der Waals surface area contributed by atoms with Gasteiger partial charge in [-0.2, -0.15) is 0 Å². The fraction of sp³-hybridized carbons (Fsp3) is 0.364. The molecule has 0 radical (unpaired) electrons. The van der Waals surface area contributed by atoms with E-state index in [2.05, 4.69) is 5.32 Å². The second kappa shape index (κ2) is 4.80. The van der Waals surface area contributed by atoms with Crippen LogP contribution in [0.15, 0.2) is 18.2 Å². The first kappa shape index (κ1) is 12.9. The molecule has 88 valence electrons. The molecule has 0 heterocycles. The maximum absolute atomic E-state index is 12.9. The van der Waals surface area contributed by atoms with E-state index in [9.17, 15) is 9.18 Å². The molecule has 16 heavy (non-hydrogen) atoms. The molecule has 1 atom stereocenters. The van der Waals surface area contributed by atoms with Crippen molar-refractivity contribution >= 4 is 17.6 Å². The van der Waals surface area contributed by atoms with Crippen molar-refractivity contribution in [1.29, 1.82) is 0 Å². The number of esters is 1. The molecule has 1 aromatic rings. The van der Waals surface area contributed by atoms with E-state index in [0.29, 0.717) is 5.56 Å². The van der Waals surface area contributed by atoms with E-state index in [1.807, 2.05) is 0 Å². The summed E-state index contributed by atoms with van der Waals surface area (Å²) >= 11 is 5.91. The summed E-state index contributed by atoms with van der Waals surface area (Å²) in [5.74, 6) is -0.930. The van der Waals surface area contributed by atoms with Crippen molar-refractivity contribution in [1.82, 2.24) is 5.32 Å². The number of halogens is 2. The molecule has 0 aromatic heterocycles. The summed E-state index contributed by atoms with van der Waals surface area (Å²) in [6.07, 6.45) is 0. The lowest BCUT2D eigenvalue weighted by atomic mass is 9.92. The zero-order valence-corrected chi connectivity index (χ0v) is 10.1. The number of hydrogen-bond donors (Lipinski definition) is 1.